The average molecular weight is 655 g/mol. The van der Waals surface area contributed by atoms with E-state index in [1.54, 1.807) is 25.1 Å². The van der Waals surface area contributed by atoms with Crippen LogP contribution in [-0.4, -0.2) is 26.2 Å². The molecule has 1 aliphatic carbocycles. The molecule has 46 heavy (non-hydrogen) atoms. The Morgan fingerprint density at radius 2 is 1.72 bits per heavy atom. The van der Waals surface area contributed by atoms with Gasteiger partial charge in [0, 0.05) is 47.7 Å². The predicted octanol–water partition coefficient (Wildman–Crippen LogP) is 9.77. The van der Waals surface area contributed by atoms with E-state index in [9.17, 15) is 22.4 Å². The minimum absolute atomic E-state index is 0.128. The Morgan fingerprint density at radius 3 is 2.33 bits per heavy atom. The number of aromatic nitrogens is 3. The Labute approximate surface area is 271 Å². The molecule has 10 heteroatoms. The van der Waals surface area contributed by atoms with Crippen LogP contribution in [0.15, 0.2) is 41.2 Å². The van der Waals surface area contributed by atoms with Crippen molar-refractivity contribution in [1.29, 1.82) is 5.41 Å². The van der Waals surface area contributed by atoms with Crippen LogP contribution in [0, 0.1) is 36.8 Å². The van der Waals surface area contributed by atoms with Gasteiger partial charge >= 0.3 is 0 Å². The molecule has 2 aromatic carbocycles. The largest absolute Gasteiger partial charge is 0.305 e. The fourth-order valence-corrected chi connectivity index (χ4v) is 7.01. The van der Waals surface area contributed by atoms with Crippen molar-refractivity contribution in [1.82, 2.24) is 14.5 Å². The van der Waals surface area contributed by atoms with E-state index in [0.29, 0.717) is 62.0 Å². The first-order valence-electron chi connectivity index (χ1n) is 15.8. The van der Waals surface area contributed by atoms with Gasteiger partial charge in [0.05, 0.1) is 16.1 Å². The zero-order valence-electron chi connectivity index (χ0n) is 26.8. The quantitative estimate of drug-likeness (QED) is 0.144. The van der Waals surface area contributed by atoms with Gasteiger partial charge < -0.3 is 5.41 Å². The summed E-state index contributed by atoms with van der Waals surface area (Å²) in [6.45, 7) is 9.50. The molecule has 0 saturated heterocycles. The molecule has 0 bridgehead atoms. The van der Waals surface area contributed by atoms with Gasteiger partial charge in [0.2, 0.25) is 5.92 Å². The Balaban J connectivity index is 1.78. The van der Waals surface area contributed by atoms with E-state index in [2.05, 4.69) is 0 Å². The second-order valence-electron chi connectivity index (χ2n) is 12.9. The summed E-state index contributed by atoms with van der Waals surface area (Å²) in [7, 11) is 0. The SMILES string of the molecule is CCCC(=N)c1c(Cl)ccc(-n2c(C(Cc3cc(F)cc(F)c3)C(C)C)nc3nc(C4CCC(F)(F)CC4)cc(C)c3c2=O)c1C. The van der Waals surface area contributed by atoms with Gasteiger partial charge in [0.15, 0.2) is 5.65 Å². The summed E-state index contributed by atoms with van der Waals surface area (Å²) in [5.41, 5.74) is 3.56. The van der Waals surface area contributed by atoms with E-state index in [1.165, 1.54) is 16.7 Å². The molecule has 0 spiro atoms. The highest BCUT2D eigenvalue weighted by molar-refractivity contribution is 6.34. The number of hydrogen-bond acceptors (Lipinski definition) is 4. The van der Waals surface area contributed by atoms with Crippen molar-refractivity contribution in [2.45, 2.75) is 97.3 Å². The summed E-state index contributed by atoms with van der Waals surface area (Å²) in [4.78, 5) is 24.5. The molecular formula is C36H39ClF4N4O. The van der Waals surface area contributed by atoms with Crippen molar-refractivity contribution in [3.8, 4) is 5.69 Å². The van der Waals surface area contributed by atoms with Crippen LogP contribution in [0.3, 0.4) is 0 Å². The first-order valence-corrected chi connectivity index (χ1v) is 16.2. The standard InChI is InChI=1S/C36H39ClF4N4O/c1-6-7-28(42)32-21(5)30(9-8-27(32)37)45-34(26(19(2)3)17-22-15-24(38)18-25(39)16-22)44-33-31(35(45)46)20(4)14-29(43-33)23-10-12-36(40,41)13-11-23/h8-9,14-16,18-19,23,26,42H,6-7,10-13,17H2,1-5H3. The smallest absolute Gasteiger partial charge is 0.267 e. The average Bonchev–Trinajstić information content (AvgIpc) is 2.95. The van der Waals surface area contributed by atoms with E-state index < -0.39 is 23.5 Å². The molecular weight excluding hydrogens is 616 g/mol. The van der Waals surface area contributed by atoms with Crippen LogP contribution in [0.25, 0.3) is 16.7 Å². The first kappa shape index (κ1) is 33.8. The van der Waals surface area contributed by atoms with Crippen LogP contribution < -0.4 is 5.56 Å². The number of rotatable bonds is 9. The summed E-state index contributed by atoms with van der Waals surface area (Å²) in [5, 5.41) is 9.42. The monoisotopic (exact) mass is 654 g/mol. The Kier molecular flexibility index (Phi) is 9.73. The molecule has 4 aromatic rings. The van der Waals surface area contributed by atoms with Crippen molar-refractivity contribution in [2.75, 3.05) is 0 Å². The van der Waals surface area contributed by atoms with Crippen molar-refractivity contribution in [2.24, 2.45) is 5.92 Å². The zero-order valence-corrected chi connectivity index (χ0v) is 27.5. The highest BCUT2D eigenvalue weighted by Crippen LogP contribution is 2.41. The highest BCUT2D eigenvalue weighted by atomic mass is 35.5. The molecule has 0 radical (unpaired) electrons. The lowest BCUT2D eigenvalue weighted by Crippen LogP contribution is -2.30. The van der Waals surface area contributed by atoms with Crippen LogP contribution in [0.4, 0.5) is 17.6 Å². The molecule has 0 amide bonds. The molecule has 2 aromatic heterocycles. The molecule has 5 nitrogen and oxygen atoms in total. The summed E-state index contributed by atoms with van der Waals surface area (Å²) in [6, 6.07) is 8.58. The number of nitrogens with one attached hydrogen (secondary N) is 1. The van der Waals surface area contributed by atoms with Crippen molar-refractivity contribution in [3.63, 3.8) is 0 Å². The molecule has 244 valence electrons. The van der Waals surface area contributed by atoms with Gasteiger partial charge in [-0.3, -0.25) is 9.36 Å². The first-order chi connectivity index (χ1) is 21.7. The number of halogens is 5. The maximum absolute atomic E-state index is 14.7. The number of hydrogen-bond donors (Lipinski definition) is 1. The van der Waals surface area contributed by atoms with Crippen LogP contribution in [-0.2, 0) is 6.42 Å². The van der Waals surface area contributed by atoms with Crippen LogP contribution in [0.2, 0.25) is 5.02 Å². The lowest BCUT2D eigenvalue weighted by Gasteiger charge is -2.28. The van der Waals surface area contributed by atoms with Crippen LogP contribution >= 0.6 is 11.6 Å². The van der Waals surface area contributed by atoms with Gasteiger partial charge in [-0.1, -0.05) is 38.8 Å². The van der Waals surface area contributed by atoms with Crippen LogP contribution in [0.5, 0.6) is 0 Å². The minimum atomic E-state index is -2.69. The van der Waals surface area contributed by atoms with Crippen LogP contribution in [0.1, 0.15) is 105 Å². The Bertz CT molecular complexity index is 1840. The van der Waals surface area contributed by atoms with Gasteiger partial charge in [-0.2, -0.15) is 0 Å². The van der Waals surface area contributed by atoms with Gasteiger partial charge in [-0.05, 0) is 92.5 Å². The van der Waals surface area contributed by atoms with E-state index in [-0.39, 0.29) is 55.1 Å². The molecule has 2 heterocycles. The number of benzene rings is 2. The van der Waals surface area contributed by atoms with Gasteiger partial charge in [0.1, 0.15) is 17.5 Å². The number of pyridine rings is 1. The number of aryl methyl sites for hydroxylation is 1. The zero-order chi connectivity index (χ0) is 33.5. The lowest BCUT2D eigenvalue weighted by molar-refractivity contribution is -0.0384. The predicted molar refractivity (Wildman–Crippen MR) is 175 cm³/mol. The number of fused-ring (bicyclic) bond motifs is 1. The summed E-state index contributed by atoms with van der Waals surface area (Å²) in [5.74, 6) is -4.52. The lowest BCUT2D eigenvalue weighted by atomic mass is 9.84. The maximum atomic E-state index is 14.7. The van der Waals surface area contributed by atoms with Gasteiger partial charge in [0.25, 0.3) is 5.56 Å². The third-order valence-corrected chi connectivity index (χ3v) is 9.48. The minimum Gasteiger partial charge on any atom is -0.305 e. The van der Waals surface area contributed by atoms with E-state index in [1.807, 2.05) is 27.7 Å². The molecule has 5 rings (SSSR count). The van der Waals surface area contributed by atoms with E-state index in [0.717, 1.165) is 12.5 Å². The number of alkyl halides is 2. The third kappa shape index (κ3) is 6.75. The second-order valence-corrected chi connectivity index (χ2v) is 13.3. The van der Waals surface area contributed by atoms with E-state index in [4.69, 9.17) is 27.0 Å². The fraction of sp³-hybridized carbons (Fsp3) is 0.444. The van der Waals surface area contributed by atoms with Gasteiger partial charge in [-0.15, -0.1) is 0 Å². The normalized spacial score (nSPS) is 15.9. The molecule has 1 unspecified atom stereocenters. The summed E-state index contributed by atoms with van der Waals surface area (Å²) >= 11 is 6.61. The molecule has 1 atom stereocenters. The van der Waals surface area contributed by atoms with Gasteiger partial charge in [-0.25, -0.2) is 27.5 Å². The molecule has 1 aliphatic rings. The van der Waals surface area contributed by atoms with Crippen molar-refractivity contribution < 1.29 is 17.6 Å². The Hall–Kier alpha value is -3.59. The molecule has 1 fully saturated rings. The third-order valence-electron chi connectivity index (χ3n) is 9.16. The summed E-state index contributed by atoms with van der Waals surface area (Å²) < 4.78 is 58.0. The molecule has 0 aliphatic heterocycles. The number of nitrogens with zero attached hydrogens (tertiary/aromatic N) is 3. The molecule has 1 N–H and O–H groups in total. The molecule has 1 saturated carbocycles. The highest BCUT2D eigenvalue weighted by Gasteiger charge is 2.36. The second kappa shape index (κ2) is 13.3. The van der Waals surface area contributed by atoms with E-state index >= 15 is 0 Å². The van der Waals surface area contributed by atoms with Crippen molar-refractivity contribution >= 4 is 28.3 Å². The topological polar surface area (TPSA) is 71.6 Å². The maximum Gasteiger partial charge on any atom is 0.267 e. The Morgan fingerprint density at radius 1 is 1.07 bits per heavy atom. The fourth-order valence-electron chi connectivity index (χ4n) is 6.69. The van der Waals surface area contributed by atoms with Crippen molar-refractivity contribution in [3.05, 3.63) is 97.2 Å². The summed E-state index contributed by atoms with van der Waals surface area (Å²) in [6.07, 6.45) is 1.55.